The van der Waals surface area contributed by atoms with Gasteiger partial charge in [-0.25, -0.2) is 8.78 Å². The molecule has 0 aromatic heterocycles. The number of amides is 3. The lowest BCUT2D eigenvalue weighted by molar-refractivity contribution is -0.136. The van der Waals surface area contributed by atoms with Crippen molar-refractivity contribution in [3.63, 3.8) is 0 Å². The van der Waals surface area contributed by atoms with Gasteiger partial charge in [-0.2, -0.15) is 0 Å². The molecule has 3 saturated heterocycles. The number of alkyl halides is 1. The number of carbonyl (C=O) groups is 3. The molecule has 4 aliphatic rings. The van der Waals surface area contributed by atoms with Gasteiger partial charge in [0, 0.05) is 57.4 Å². The summed E-state index contributed by atoms with van der Waals surface area (Å²) >= 11 is 0. The minimum Gasteiger partial charge on any atom is -0.379 e. The molecule has 0 saturated carbocycles. The highest BCUT2D eigenvalue weighted by Gasteiger charge is 2.41. The molecule has 0 radical (unpaired) electrons. The van der Waals surface area contributed by atoms with Crippen molar-refractivity contribution in [2.45, 2.75) is 84.2 Å². The van der Waals surface area contributed by atoms with E-state index in [0.717, 1.165) is 0 Å². The Morgan fingerprint density at radius 2 is 1.66 bits per heavy atom. The zero-order valence-electron chi connectivity index (χ0n) is 25.4. The van der Waals surface area contributed by atoms with Gasteiger partial charge in [0.25, 0.3) is 5.91 Å². The predicted octanol–water partition coefficient (Wildman–Crippen LogP) is 3.26. The van der Waals surface area contributed by atoms with E-state index >= 15 is 8.78 Å². The molecule has 3 amide bonds. The number of fused-ring (bicyclic) bond motifs is 1. The van der Waals surface area contributed by atoms with E-state index in [4.69, 9.17) is 4.74 Å². The van der Waals surface area contributed by atoms with E-state index in [-0.39, 0.29) is 42.4 Å². The number of nitrogens with one attached hydrogen (secondary N) is 2. The molecule has 1 atom stereocenters. The van der Waals surface area contributed by atoms with Crippen LogP contribution in [-0.2, 0) is 20.9 Å². The van der Waals surface area contributed by atoms with E-state index in [9.17, 15) is 14.4 Å². The second kappa shape index (κ2) is 14.0. The second-order valence-electron chi connectivity index (χ2n) is 11.8. The number of piperidine rings is 2. The van der Waals surface area contributed by atoms with E-state index < -0.39 is 23.4 Å². The van der Waals surface area contributed by atoms with Gasteiger partial charge < -0.3 is 19.9 Å². The van der Waals surface area contributed by atoms with Crippen LogP contribution in [0.1, 0.15) is 76.2 Å². The van der Waals surface area contributed by atoms with Crippen LogP contribution >= 0.6 is 0 Å². The summed E-state index contributed by atoms with van der Waals surface area (Å²) in [7, 11) is 1.71. The summed E-state index contributed by atoms with van der Waals surface area (Å²) in [6.45, 7) is 14.3. The second-order valence-corrected chi connectivity index (χ2v) is 11.8. The normalized spacial score (nSPS) is 22.7. The number of nitrogens with zero attached hydrogens (tertiary/aromatic N) is 3. The third-order valence-electron chi connectivity index (χ3n) is 7.96. The van der Waals surface area contributed by atoms with Crippen LogP contribution in [0.5, 0.6) is 0 Å². The Balaban J connectivity index is 0.000000515. The fourth-order valence-electron chi connectivity index (χ4n) is 5.42. The third kappa shape index (κ3) is 8.23. The molecule has 1 unspecified atom stereocenters. The molecule has 3 fully saturated rings. The highest BCUT2D eigenvalue weighted by molar-refractivity contribution is 6.05. The van der Waals surface area contributed by atoms with Crippen molar-refractivity contribution in [1.82, 2.24) is 20.4 Å². The Morgan fingerprint density at radius 1 is 1.05 bits per heavy atom. The first kappa shape index (κ1) is 32.9. The van der Waals surface area contributed by atoms with Crippen molar-refractivity contribution in [1.29, 1.82) is 0 Å². The summed E-state index contributed by atoms with van der Waals surface area (Å²) in [5, 5.41) is 5.45. The summed E-state index contributed by atoms with van der Waals surface area (Å²) in [5.74, 6) is -1.69. The van der Waals surface area contributed by atoms with Gasteiger partial charge in [-0.1, -0.05) is 13.8 Å². The SMILES string of the molecule is CC.COC(C)(C)C.O=C1CCC(N2Cc3c(ccc(N4CCN(CC5(F)CCNCC5)CC4)c3F)C2=O)C(=O)N1. The summed E-state index contributed by atoms with van der Waals surface area (Å²) in [4.78, 5) is 41.9. The van der Waals surface area contributed by atoms with Crippen LogP contribution in [0.3, 0.4) is 0 Å². The average molecular weight is 580 g/mol. The summed E-state index contributed by atoms with van der Waals surface area (Å²) in [6.07, 6.45) is 1.44. The molecule has 0 aliphatic carbocycles. The molecule has 11 heteroatoms. The molecule has 0 spiro atoms. The van der Waals surface area contributed by atoms with Crippen LogP contribution in [0, 0.1) is 5.82 Å². The molecule has 9 nitrogen and oxygen atoms in total. The number of rotatable bonds is 4. The van der Waals surface area contributed by atoms with E-state index in [2.05, 4.69) is 15.5 Å². The van der Waals surface area contributed by atoms with Gasteiger partial charge in [-0.3, -0.25) is 24.6 Å². The fourth-order valence-corrected chi connectivity index (χ4v) is 5.42. The quantitative estimate of drug-likeness (QED) is 0.529. The minimum atomic E-state index is -1.16. The van der Waals surface area contributed by atoms with Gasteiger partial charge >= 0.3 is 0 Å². The minimum absolute atomic E-state index is 0.0124. The highest BCUT2D eigenvalue weighted by Crippen LogP contribution is 2.34. The maximum atomic E-state index is 15.5. The summed E-state index contributed by atoms with van der Waals surface area (Å²) in [5.41, 5.74) is -0.124. The molecule has 0 bridgehead atoms. The summed E-state index contributed by atoms with van der Waals surface area (Å²) < 4.78 is 35.5. The first-order valence-corrected chi connectivity index (χ1v) is 14.8. The van der Waals surface area contributed by atoms with Gasteiger partial charge in [0.1, 0.15) is 11.7 Å². The zero-order chi connectivity index (χ0) is 30.4. The Morgan fingerprint density at radius 3 is 2.22 bits per heavy atom. The third-order valence-corrected chi connectivity index (χ3v) is 7.96. The number of hydrogen-bond acceptors (Lipinski definition) is 7. The molecular weight excluding hydrogens is 532 g/mol. The lowest BCUT2D eigenvalue weighted by Gasteiger charge is -2.40. The van der Waals surface area contributed by atoms with E-state index in [1.807, 2.05) is 39.5 Å². The summed E-state index contributed by atoms with van der Waals surface area (Å²) in [6, 6.07) is 2.48. The number of ether oxygens (including phenoxy) is 1. The smallest absolute Gasteiger partial charge is 0.255 e. The topological polar surface area (TPSA) is 94.2 Å². The van der Waals surface area contributed by atoms with Gasteiger partial charge in [-0.05, 0) is 65.3 Å². The number of halogens is 2. The Kier molecular flexibility index (Phi) is 11.2. The zero-order valence-corrected chi connectivity index (χ0v) is 25.4. The molecule has 1 aromatic rings. The van der Waals surface area contributed by atoms with Crippen molar-refractivity contribution >= 4 is 23.4 Å². The largest absolute Gasteiger partial charge is 0.379 e. The number of imide groups is 1. The Labute approximate surface area is 242 Å². The van der Waals surface area contributed by atoms with Gasteiger partial charge in [-0.15, -0.1) is 0 Å². The average Bonchev–Trinajstić information content (AvgIpc) is 3.27. The number of hydrogen-bond donors (Lipinski definition) is 2. The van der Waals surface area contributed by atoms with Crippen molar-refractivity contribution in [2.24, 2.45) is 0 Å². The van der Waals surface area contributed by atoms with Crippen LogP contribution in [0.4, 0.5) is 14.5 Å². The molecule has 230 valence electrons. The number of anilines is 1. The fraction of sp³-hybridized carbons (Fsp3) is 0.700. The molecule has 2 N–H and O–H groups in total. The lowest BCUT2D eigenvalue weighted by atomic mass is 9.93. The highest BCUT2D eigenvalue weighted by atomic mass is 19.1. The first-order valence-electron chi connectivity index (χ1n) is 14.8. The van der Waals surface area contributed by atoms with E-state index in [1.54, 1.807) is 19.2 Å². The number of methoxy groups -OCH3 is 1. The molecule has 5 rings (SSSR count). The maximum Gasteiger partial charge on any atom is 0.255 e. The Bertz CT molecular complexity index is 1080. The van der Waals surface area contributed by atoms with Crippen molar-refractivity contribution < 1.29 is 27.9 Å². The van der Waals surface area contributed by atoms with Crippen LogP contribution in [0.2, 0.25) is 0 Å². The van der Waals surface area contributed by atoms with E-state index in [0.29, 0.717) is 69.9 Å². The number of piperazine rings is 1. The van der Waals surface area contributed by atoms with Crippen molar-refractivity contribution in [2.75, 3.05) is 57.8 Å². The Hall–Kier alpha value is -2.63. The molecule has 4 aliphatic heterocycles. The van der Waals surface area contributed by atoms with Gasteiger partial charge in [0.2, 0.25) is 11.8 Å². The number of carbonyl (C=O) groups excluding carboxylic acids is 3. The maximum absolute atomic E-state index is 15.5. The van der Waals surface area contributed by atoms with E-state index in [1.165, 1.54) is 4.90 Å². The van der Waals surface area contributed by atoms with Crippen molar-refractivity contribution in [3.05, 3.63) is 29.1 Å². The predicted molar refractivity (Wildman–Crippen MR) is 155 cm³/mol. The molecule has 41 heavy (non-hydrogen) atoms. The lowest BCUT2D eigenvalue weighted by Crippen LogP contribution is -2.53. The van der Waals surface area contributed by atoms with Crippen molar-refractivity contribution in [3.8, 4) is 0 Å². The van der Waals surface area contributed by atoms with Crippen LogP contribution in [-0.4, -0.2) is 97.8 Å². The van der Waals surface area contributed by atoms with Gasteiger partial charge in [0.05, 0.1) is 17.8 Å². The standard InChI is InChI=1S/C23H29F2N5O3.C5H12O.C2H6/c24-20-16-13-30(18-3-4-19(31)27-21(18)32)22(33)15(16)1-2-17(20)29-11-9-28(10-12-29)14-23(25)5-7-26-8-6-23;1-5(2,3)6-4;1-2/h1-2,18,26H,3-14H2,(H,27,31,32);1-4H3;1-2H3. The first-order chi connectivity index (χ1) is 19.4. The number of benzene rings is 1. The van der Waals surface area contributed by atoms with Crippen LogP contribution in [0.15, 0.2) is 12.1 Å². The van der Waals surface area contributed by atoms with Crippen LogP contribution in [0.25, 0.3) is 0 Å². The van der Waals surface area contributed by atoms with Gasteiger partial charge in [0.15, 0.2) is 5.82 Å². The molecular formula is C30H47F2N5O4. The monoisotopic (exact) mass is 579 g/mol. The molecule has 1 aromatic carbocycles. The molecule has 4 heterocycles. The van der Waals surface area contributed by atoms with Crippen LogP contribution < -0.4 is 15.5 Å².